The number of rotatable bonds is 2. The summed E-state index contributed by atoms with van der Waals surface area (Å²) in [6.45, 7) is 0. The molecule has 1 N–H and O–H groups in total. The van der Waals surface area contributed by atoms with Gasteiger partial charge in [0.25, 0.3) is 17.2 Å². The number of carbonyl (C=O) groups is 1. The molecule has 0 spiro atoms. The third kappa shape index (κ3) is 2.12. The van der Waals surface area contributed by atoms with Crippen molar-refractivity contribution in [3.63, 3.8) is 0 Å². The van der Waals surface area contributed by atoms with Gasteiger partial charge >= 0.3 is 0 Å². The molecule has 1 aromatic heterocycles. The summed E-state index contributed by atoms with van der Waals surface area (Å²) >= 11 is 5.01. The van der Waals surface area contributed by atoms with E-state index in [2.05, 4.69) is 0 Å². The largest absolute Gasteiger partial charge is 0.318 e. The summed E-state index contributed by atoms with van der Waals surface area (Å²) < 4.78 is 24.0. The van der Waals surface area contributed by atoms with Crippen LogP contribution in [0.2, 0.25) is 0 Å². The minimum Gasteiger partial charge on any atom is -0.318 e. The zero-order valence-electron chi connectivity index (χ0n) is 6.18. The predicted octanol–water partition coefficient (Wildman–Crippen LogP) is 1.69. The first kappa shape index (κ1) is 9.85. The van der Waals surface area contributed by atoms with Crippen molar-refractivity contribution in [1.29, 1.82) is 0 Å². The van der Waals surface area contributed by atoms with Crippen molar-refractivity contribution in [2.45, 2.75) is 6.43 Å². The maximum absolute atomic E-state index is 12.0. The first-order valence-electron chi connectivity index (χ1n) is 3.23. The number of nitrogens with one attached hydrogen (secondary N) is 1. The number of alkyl halides is 2. The molecule has 1 rings (SSSR count). The molecule has 0 aliphatic heterocycles. The van der Waals surface area contributed by atoms with E-state index in [1.807, 2.05) is 4.98 Å². The molecule has 0 aromatic carbocycles. The highest BCUT2D eigenvalue weighted by molar-refractivity contribution is 6.67. The Labute approximate surface area is 76.3 Å². The van der Waals surface area contributed by atoms with Crippen LogP contribution in [0, 0.1) is 0 Å². The van der Waals surface area contributed by atoms with Gasteiger partial charge in [-0.25, -0.2) is 8.78 Å². The number of hydrogen-bond donors (Lipinski definition) is 1. The summed E-state index contributed by atoms with van der Waals surface area (Å²) in [5, 5.41) is -0.891. The number of halogens is 3. The lowest BCUT2D eigenvalue weighted by molar-refractivity contribution is 0.107. The van der Waals surface area contributed by atoms with Gasteiger partial charge in [0.05, 0.1) is 5.56 Å². The van der Waals surface area contributed by atoms with Crippen molar-refractivity contribution in [3.05, 3.63) is 33.7 Å². The molecular weight excluding hydrogens is 204 g/mol. The zero-order chi connectivity index (χ0) is 10.0. The summed E-state index contributed by atoms with van der Waals surface area (Å²) in [4.78, 5) is 23.3. The van der Waals surface area contributed by atoms with E-state index in [4.69, 9.17) is 11.6 Å². The van der Waals surface area contributed by atoms with Crippen LogP contribution in [0.4, 0.5) is 8.78 Å². The molecule has 3 nitrogen and oxygen atoms in total. The molecule has 70 valence electrons. The van der Waals surface area contributed by atoms with Gasteiger partial charge in [-0.1, -0.05) is 0 Å². The van der Waals surface area contributed by atoms with E-state index >= 15 is 0 Å². The van der Waals surface area contributed by atoms with E-state index in [9.17, 15) is 18.4 Å². The highest BCUT2D eigenvalue weighted by Crippen LogP contribution is 2.13. The lowest BCUT2D eigenvalue weighted by Gasteiger charge is -1.98. The van der Waals surface area contributed by atoms with Gasteiger partial charge in [-0.3, -0.25) is 9.59 Å². The number of aromatic nitrogens is 1. The quantitative estimate of drug-likeness (QED) is 0.751. The predicted molar refractivity (Wildman–Crippen MR) is 42.2 cm³/mol. The van der Waals surface area contributed by atoms with Gasteiger partial charge in [-0.05, 0) is 23.7 Å². The van der Waals surface area contributed by atoms with Crippen molar-refractivity contribution < 1.29 is 13.6 Å². The SMILES string of the molecule is O=C(Cl)c1ccc(C(F)F)c(=O)[nH]1. The minimum atomic E-state index is -2.86. The zero-order valence-corrected chi connectivity index (χ0v) is 6.94. The van der Waals surface area contributed by atoms with Crippen LogP contribution in [0.15, 0.2) is 16.9 Å². The van der Waals surface area contributed by atoms with Crippen LogP contribution in [-0.4, -0.2) is 10.2 Å². The van der Waals surface area contributed by atoms with Crippen molar-refractivity contribution in [2.24, 2.45) is 0 Å². The molecule has 1 heterocycles. The van der Waals surface area contributed by atoms with Crippen LogP contribution in [-0.2, 0) is 0 Å². The molecule has 0 aliphatic carbocycles. The number of pyridine rings is 1. The maximum Gasteiger partial charge on any atom is 0.269 e. The molecule has 0 saturated carbocycles. The van der Waals surface area contributed by atoms with E-state index in [-0.39, 0.29) is 5.69 Å². The van der Waals surface area contributed by atoms with Gasteiger partial charge < -0.3 is 4.98 Å². The number of hydrogen-bond acceptors (Lipinski definition) is 2. The summed E-state index contributed by atoms with van der Waals surface area (Å²) in [7, 11) is 0. The second kappa shape index (κ2) is 3.66. The van der Waals surface area contributed by atoms with Gasteiger partial charge in [0.1, 0.15) is 5.69 Å². The van der Waals surface area contributed by atoms with Gasteiger partial charge in [0.2, 0.25) is 0 Å². The van der Waals surface area contributed by atoms with Gasteiger partial charge in [-0.2, -0.15) is 0 Å². The third-order valence-corrected chi connectivity index (χ3v) is 1.59. The van der Waals surface area contributed by atoms with Crippen molar-refractivity contribution >= 4 is 16.8 Å². The summed E-state index contributed by atoms with van der Waals surface area (Å²) in [5.41, 5.74) is -1.88. The Morgan fingerprint density at radius 3 is 2.46 bits per heavy atom. The van der Waals surface area contributed by atoms with E-state index < -0.39 is 22.8 Å². The highest BCUT2D eigenvalue weighted by Gasteiger charge is 2.13. The smallest absolute Gasteiger partial charge is 0.269 e. The summed E-state index contributed by atoms with van der Waals surface area (Å²) in [6.07, 6.45) is -2.86. The van der Waals surface area contributed by atoms with Crippen LogP contribution in [0.1, 0.15) is 22.5 Å². The molecule has 0 amide bonds. The fourth-order valence-electron chi connectivity index (χ4n) is 0.771. The van der Waals surface area contributed by atoms with E-state index in [1.165, 1.54) is 0 Å². The molecule has 0 aliphatic rings. The van der Waals surface area contributed by atoms with Crippen molar-refractivity contribution in [3.8, 4) is 0 Å². The molecule has 0 fully saturated rings. The Bertz CT molecular complexity index is 388. The standard InChI is InChI=1S/C7H4ClF2NO2/c8-5(12)4-2-1-3(6(9)10)7(13)11-4/h1-2,6H,(H,11,13). The lowest BCUT2D eigenvalue weighted by atomic mass is 10.2. The van der Waals surface area contributed by atoms with Crippen molar-refractivity contribution in [2.75, 3.05) is 0 Å². The minimum absolute atomic E-state index is 0.198. The van der Waals surface area contributed by atoms with E-state index in [1.54, 1.807) is 0 Å². The normalized spacial score (nSPS) is 10.5. The van der Waals surface area contributed by atoms with Gasteiger partial charge in [0.15, 0.2) is 0 Å². The summed E-state index contributed by atoms with van der Waals surface area (Å²) in [5.74, 6) is 0. The van der Waals surface area contributed by atoms with E-state index in [0.717, 1.165) is 12.1 Å². The van der Waals surface area contributed by atoms with Gasteiger partial charge in [0, 0.05) is 0 Å². The number of H-pyrrole nitrogens is 1. The Morgan fingerprint density at radius 1 is 1.46 bits per heavy atom. The van der Waals surface area contributed by atoms with Crippen LogP contribution >= 0.6 is 11.6 Å². The van der Waals surface area contributed by atoms with E-state index in [0.29, 0.717) is 0 Å². The second-order valence-electron chi connectivity index (χ2n) is 2.23. The Balaban J connectivity index is 3.21. The van der Waals surface area contributed by atoms with Crippen molar-refractivity contribution in [1.82, 2.24) is 4.98 Å². The lowest BCUT2D eigenvalue weighted by Crippen LogP contribution is -2.15. The molecule has 0 bridgehead atoms. The Hall–Kier alpha value is -1.23. The van der Waals surface area contributed by atoms with Crippen LogP contribution in [0.25, 0.3) is 0 Å². The molecule has 0 radical (unpaired) electrons. The topological polar surface area (TPSA) is 49.9 Å². The average molecular weight is 208 g/mol. The molecular formula is C7H4ClF2NO2. The second-order valence-corrected chi connectivity index (χ2v) is 2.57. The fraction of sp³-hybridized carbons (Fsp3) is 0.143. The summed E-state index contributed by atoms with van der Waals surface area (Å²) in [6, 6.07) is 1.91. The monoisotopic (exact) mass is 207 g/mol. The number of carbonyl (C=O) groups excluding carboxylic acids is 1. The maximum atomic E-state index is 12.0. The van der Waals surface area contributed by atoms with Crippen LogP contribution in [0.5, 0.6) is 0 Å². The molecule has 0 unspecified atom stereocenters. The molecule has 1 aromatic rings. The third-order valence-electron chi connectivity index (χ3n) is 1.39. The first-order chi connectivity index (χ1) is 6.02. The number of aromatic amines is 1. The molecule has 13 heavy (non-hydrogen) atoms. The average Bonchev–Trinajstić information content (AvgIpc) is 2.03. The molecule has 0 atom stereocenters. The van der Waals surface area contributed by atoms with Crippen LogP contribution < -0.4 is 5.56 Å². The highest BCUT2D eigenvalue weighted by atomic mass is 35.5. The Morgan fingerprint density at radius 2 is 2.08 bits per heavy atom. The molecule has 6 heteroatoms. The fourth-order valence-corrected chi connectivity index (χ4v) is 0.882. The molecule has 0 saturated heterocycles. The van der Waals surface area contributed by atoms with Crippen LogP contribution in [0.3, 0.4) is 0 Å². The first-order valence-corrected chi connectivity index (χ1v) is 3.61. The Kier molecular flexibility index (Phi) is 2.77. The van der Waals surface area contributed by atoms with Gasteiger partial charge in [-0.15, -0.1) is 0 Å².